The maximum atomic E-state index is 10.9. The highest BCUT2D eigenvalue weighted by atomic mass is 79.9. The third-order valence-electron chi connectivity index (χ3n) is 3.58. The number of carboxylic acids is 1. The summed E-state index contributed by atoms with van der Waals surface area (Å²) in [5, 5.41) is 12.0. The van der Waals surface area contributed by atoms with Gasteiger partial charge in [0.2, 0.25) is 0 Å². The molecular formula is C17H16BrNO3S. The van der Waals surface area contributed by atoms with Crippen molar-refractivity contribution in [3.63, 3.8) is 0 Å². The Kier molecular flexibility index (Phi) is 5.25. The Morgan fingerprint density at radius 3 is 2.70 bits per heavy atom. The second kappa shape index (κ2) is 7.38. The van der Waals surface area contributed by atoms with Crippen LogP contribution in [0, 0.1) is 0 Å². The minimum Gasteiger partial charge on any atom is -0.490 e. The van der Waals surface area contributed by atoms with Gasteiger partial charge in [-0.1, -0.05) is 36.4 Å². The van der Waals surface area contributed by atoms with Gasteiger partial charge in [-0.25, -0.2) is 0 Å². The van der Waals surface area contributed by atoms with E-state index in [0.29, 0.717) is 12.4 Å². The quantitative estimate of drug-likeness (QED) is 0.812. The van der Waals surface area contributed by atoms with E-state index in [4.69, 9.17) is 9.84 Å². The zero-order chi connectivity index (χ0) is 16.2. The van der Waals surface area contributed by atoms with Crippen molar-refractivity contribution >= 4 is 33.7 Å². The minimum absolute atomic E-state index is 0.00296. The summed E-state index contributed by atoms with van der Waals surface area (Å²) >= 11 is 5.11. The normalized spacial score (nSPS) is 20.4. The summed E-state index contributed by atoms with van der Waals surface area (Å²) in [6, 6.07) is 15.6. The lowest BCUT2D eigenvalue weighted by atomic mass is 10.1. The average molecular weight is 394 g/mol. The molecule has 1 fully saturated rings. The molecule has 2 aromatic carbocycles. The van der Waals surface area contributed by atoms with Crippen molar-refractivity contribution in [1.82, 2.24) is 5.32 Å². The lowest BCUT2D eigenvalue weighted by Gasteiger charge is -2.14. The average Bonchev–Trinajstić information content (AvgIpc) is 3.04. The van der Waals surface area contributed by atoms with Gasteiger partial charge in [-0.2, -0.15) is 0 Å². The van der Waals surface area contributed by atoms with Crippen LogP contribution in [0.2, 0.25) is 0 Å². The lowest BCUT2D eigenvalue weighted by Crippen LogP contribution is -2.38. The maximum absolute atomic E-state index is 10.9. The van der Waals surface area contributed by atoms with Gasteiger partial charge < -0.3 is 9.84 Å². The topological polar surface area (TPSA) is 58.6 Å². The zero-order valence-corrected chi connectivity index (χ0v) is 14.6. The van der Waals surface area contributed by atoms with Crippen LogP contribution in [0.4, 0.5) is 0 Å². The van der Waals surface area contributed by atoms with E-state index in [-0.39, 0.29) is 5.37 Å². The van der Waals surface area contributed by atoms with Crippen LogP contribution >= 0.6 is 27.7 Å². The molecule has 0 saturated carbocycles. The van der Waals surface area contributed by atoms with E-state index >= 15 is 0 Å². The second-order valence-corrected chi connectivity index (χ2v) is 7.29. The molecule has 4 nitrogen and oxygen atoms in total. The Bertz CT molecular complexity index is 695. The summed E-state index contributed by atoms with van der Waals surface area (Å²) in [7, 11) is 0. The molecule has 0 amide bonds. The second-order valence-electron chi connectivity index (χ2n) is 5.20. The van der Waals surface area contributed by atoms with Gasteiger partial charge in [0.1, 0.15) is 18.4 Å². The standard InChI is InChI=1S/C17H16BrNO3S/c18-13-8-12(11-4-2-1-3-5-11)6-7-15(13)22-9-16-19-14(10-23-16)17(20)21/h1-8,14,16,19H,9-10H2,(H,20,21). The van der Waals surface area contributed by atoms with Crippen LogP contribution in [0.15, 0.2) is 53.0 Å². The SMILES string of the molecule is O=C(O)C1CSC(COc2ccc(-c3ccccc3)cc2Br)N1. The van der Waals surface area contributed by atoms with Crippen LogP contribution in [-0.2, 0) is 4.79 Å². The van der Waals surface area contributed by atoms with E-state index in [1.54, 1.807) is 11.8 Å². The van der Waals surface area contributed by atoms with E-state index < -0.39 is 12.0 Å². The summed E-state index contributed by atoms with van der Waals surface area (Å²) in [6.07, 6.45) is 0. The Morgan fingerprint density at radius 2 is 2.04 bits per heavy atom. The first-order valence-electron chi connectivity index (χ1n) is 7.22. The number of hydrogen-bond acceptors (Lipinski definition) is 4. The van der Waals surface area contributed by atoms with E-state index in [0.717, 1.165) is 21.3 Å². The highest BCUT2D eigenvalue weighted by Gasteiger charge is 2.29. The molecule has 3 rings (SSSR count). The molecular weight excluding hydrogens is 378 g/mol. The molecule has 2 N–H and O–H groups in total. The Balaban J connectivity index is 1.62. The van der Waals surface area contributed by atoms with Gasteiger partial charge in [0.05, 0.1) is 9.85 Å². The maximum Gasteiger partial charge on any atom is 0.321 e. The summed E-state index contributed by atoms with van der Waals surface area (Å²) in [5.74, 6) is 0.511. The van der Waals surface area contributed by atoms with Gasteiger partial charge in [0.25, 0.3) is 0 Å². The van der Waals surface area contributed by atoms with Gasteiger partial charge in [-0.3, -0.25) is 10.1 Å². The summed E-state index contributed by atoms with van der Waals surface area (Å²) in [6.45, 7) is 0.428. The van der Waals surface area contributed by atoms with Crippen molar-refractivity contribution in [2.45, 2.75) is 11.4 Å². The van der Waals surface area contributed by atoms with Crippen LogP contribution in [0.25, 0.3) is 11.1 Å². The van der Waals surface area contributed by atoms with Crippen LogP contribution in [0.3, 0.4) is 0 Å². The molecule has 120 valence electrons. The predicted octanol–water partition coefficient (Wildman–Crippen LogP) is 3.61. The Labute approximate surface area is 147 Å². The van der Waals surface area contributed by atoms with Gasteiger partial charge in [0, 0.05) is 5.75 Å². The first-order chi connectivity index (χ1) is 11.1. The molecule has 0 aromatic heterocycles. The molecule has 23 heavy (non-hydrogen) atoms. The molecule has 6 heteroatoms. The molecule has 1 aliphatic heterocycles. The summed E-state index contributed by atoms with van der Waals surface area (Å²) in [5.41, 5.74) is 2.26. The first-order valence-corrected chi connectivity index (χ1v) is 9.06. The van der Waals surface area contributed by atoms with Crippen molar-refractivity contribution < 1.29 is 14.6 Å². The number of carbonyl (C=O) groups is 1. The number of carboxylic acid groups (broad SMARTS) is 1. The van der Waals surface area contributed by atoms with Gasteiger partial charge in [-0.15, -0.1) is 11.8 Å². The van der Waals surface area contributed by atoms with Crippen molar-refractivity contribution in [2.24, 2.45) is 0 Å². The molecule has 0 spiro atoms. The highest BCUT2D eigenvalue weighted by molar-refractivity contribution is 9.10. The van der Waals surface area contributed by atoms with E-state index in [1.807, 2.05) is 36.4 Å². The van der Waals surface area contributed by atoms with Gasteiger partial charge in [-0.05, 0) is 39.2 Å². The fourth-order valence-electron chi connectivity index (χ4n) is 2.37. The molecule has 1 aliphatic rings. The number of halogens is 1. The van der Waals surface area contributed by atoms with Crippen LogP contribution in [0.5, 0.6) is 5.75 Å². The van der Waals surface area contributed by atoms with Crippen molar-refractivity contribution in [1.29, 1.82) is 0 Å². The fraction of sp³-hybridized carbons (Fsp3) is 0.235. The monoisotopic (exact) mass is 393 g/mol. The molecule has 0 aliphatic carbocycles. The molecule has 2 atom stereocenters. The largest absolute Gasteiger partial charge is 0.490 e. The first kappa shape index (κ1) is 16.4. The molecule has 2 unspecified atom stereocenters. The minimum atomic E-state index is -0.812. The molecule has 0 radical (unpaired) electrons. The molecule has 1 heterocycles. The number of aliphatic carboxylic acids is 1. The predicted molar refractivity (Wildman–Crippen MR) is 95.9 cm³/mol. The van der Waals surface area contributed by atoms with Gasteiger partial charge in [0.15, 0.2) is 0 Å². The molecule has 0 bridgehead atoms. The molecule has 1 saturated heterocycles. The number of thioether (sulfide) groups is 1. The van der Waals surface area contributed by atoms with Crippen molar-refractivity contribution in [3.8, 4) is 16.9 Å². The van der Waals surface area contributed by atoms with Crippen LogP contribution in [-0.4, -0.2) is 34.9 Å². The highest BCUT2D eigenvalue weighted by Crippen LogP contribution is 2.31. The van der Waals surface area contributed by atoms with Crippen LogP contribution in [0.1, 0.15) is 0 Å². The van der Waals surface area contributed by atoms with E-state index in [9.17, 15) is 4.79 Å². The van der Waals surface area contributed by atoms with Crippen molar-refractivity contribution in [2.75, 3.05) is 12.4 Å². The smallest absolute Gasteiger partial charge is 0.321 e. The number of nitrogens with one attached hydrogen (secondary N) is 1. The Hall–Kier alpha value is -1.50. The molecule has 2 aromatic rings. The third-order valence-corrected chi connectivity index (χ3v) is 5.40. The zero-order valence-electron chi connectivity index (χ0n) is 12.2. The number of benzene rings is 2. The summed E-state index contributed by atoms with van der Waals surface area (Å²) in [4.78, 5) is 10.9. The summed E-state index contributed by atoms with van der Waals surface area (Å²) < 4.78 is 6.70. The number of hydrogen-bond donors (Lipinski definition) is 2. The Morgan fingerprint density at radius 1 is 1.26 bits per heavy atom. The lowest BCUT2D eigenvalue weighted by molar-refractivity contribution is -0.138. The van der Waals surface area contributed by atoms with Crippen molar-refractivity contribution in [3.05, 3.63) is 53.0 Å². The number of rotatable bonds is 5. The third kappa shape index (κ3) is 4.07. The fourth-order valence-corrected chi connectivity index (χ4v) is 3.95. The van der Waals surface area contributed by atoms with E-state index in [1.165, 1.54) is 0 Å². The van der Waals surface area contributed by atoms with Gasteiger partial charge >= 0.3 is 5.97 Å². The van der Waals surface area contributed by atoms with E-state index in [2.05, 4.69) is 33.4 Å². The van der Waals surface area contributed by atoms with Crippen LogP contribution < -0.4 is 10.1 Å². The number of ether oxygens (including phenoxy) is 1.